The van der Waals surface area contributed by atoms with Gasteiger partial charge in [0.15, 0.2) is 0 Å². The first-order valence-corrected chi connectivity index (χ1v) is 8.61. The van der Waals surface area contributed by atoms with Crippen LogP contribution in [0.15, 0.2) is 69.6 Å². The zero-order valence-electron chi connectivity index (χ0n) is 13.2. The van der Waals surface area contributed by atoms with Gasteiger partial charge in [-0.1, -0.05) is 52.3 Å². The van der Waals surface area contributed by atoms with Gasteiger partial charge in [0.25, 0.3) is 0 Å². The molecule has 2 aromatic carbocycles. The van der Waals surface area contributed by atoms with Crippen LogP contribution in [-0.2, 0) is 13.0 Å². The number of hydrogen-bond acceptors (Lipinski definition) is 2. The van der Waals surface area contributed by atoms with Crippen LogP contribution in [-0.4, -0.2) is 6.54 Å². The first-order valence-electron chi connectivity index (χ1n) is 7.82. The molecule has 0 saturated heterocycles. The Morgan fingerprint density at radius 3 is 2.61 bits per heavy atom. The van der Waals surface area contributed by atoms with Gasteiger partial charge >= 0.3 is 0 Å². The molecule has 1 heterocycles. The number of aryl methyl sites for hydroxylation is 1. The summed E-state index contributed by atoms with van der Waals surface area (Å²) in [5, 5.41) is 3.43. The Morgan fingerprint density at radius 2 is 1.83 bits per heavy atom. The monoisotopic (exact) mass is 369 g/mol. The number of nitrogens with one attached hydrogen (secondary N) is 1. The topological polar surface area (TPSA) is 25.2 Å². The van der Waals surface area contributed by atoms with E-state index in [0.29, 0.717) is 0 Å². The van der Waals surface area contributed by atoms with Crippen LogP contribution >= 0.6 is 15.9 Å². The largest absolute Gasteiger partial charge is 0.460 e. The molecule has 0 aliphatic rings. The van der Waals surface area contributed by atoms with E-state index in [0.717, 1.165) is 41.1 Å². The van der Waals surface area contributed by atoms with E-state index in [1.165, 1.54) is 11.1 Å². The molecule has 0 bridgehead atoms. The van der Waals surface area contributed by atoms with E-state index in [-0.39, 0.29) is 0 Å². The number of furan rings is 1. The highest BCUT2D eigenvalue weighted by molar-refractivity contribution is 9.10. The summed E-state index contributed by atoms with van der Waals surface area (Å²) in [7, 11) is 0. The lowest BCUT2D eigenvalue weighted by atomic mass is 10.1. The number of benzene rings is 2. The molecule has 3 rings (SSSR count). The van der Waals surface area contributed by atoms with Crippen LogP contribution < -0.4 is 5.32 Å². The van der Waals surface area contributed by atoms with E-state index in [9.17, 15) is 0 Å². The van der Waals surface area contributed by atoms with Crippen LogP contribution in [0.2, 0.25) is 0 Å². The average Bonchev–Trinajstić information content (AvgIpc) is 3.04. The zero-order valence-corrected chi connectivity index (χ0v) is 14.8. The van der Waals surface area contributed by atoms with Crippen molar-refractivity contribution in [2.75, 3.05) is 6.54 Å². The van der Waals surface area contributed by atoms with E-state index in [1.54, 1.807) is 0 Å². The van der Waals surface area contributed by atoms with Crippen molar-refractivity contribution in [1.29, 1.82) is 0 Å². The molecule has 0 atom stereocenters. The van der Waals surface area contributed by atoms with Crippen molar-refractivity contribution < 1.29 is 4.42 Å². The van der Waals surface area contributed by atoms with Crippen molar-refractivity contribution >= 4 is 15.9 Å². The zero-order chi connectivity index (χ0) is 16.1. The van der Waals surface area contributed by atoms with Crippen LogP contribution in [0.5, 0.6) is 0 Å². The molecule has 0 fully saturated rings. The van der Waals surface area contributed by atoms with Crippen molar-refractivity contribution in [3.05, 3.63) is 82.0 Å². The average molecular weight is 370 g/mol. The maximum atomic E-state index is 5.94. The highest BCUT2D eigenvalue weighted by Gasteiger charge is 2.06. The van der Waals surface area contributed by atoms with Crippen molar-refractivity contribution in [3.63, 3.8) is 0 Å². The SMILES string of the molecule is Cc1cc(-c2ccc(CNCCc3ccccc3)o2)ccc1Br. The molecule has 3 heteroatoms. The van der Waals surface area contributed by atoms with Crippen LogP contribution in [0.4, 0.5) is 0 Å². The smallest absolute Gasteiger partial charge is 0.134 e. The predicted molar refractivity (Wildman–Crippen MR) is 98.4 cm³/mol. The van der Waals surface area contributed by atoms with Gasteiger partial charge in [0, 0.05) is 10.0 Å². The third kappa shape index (κ3) is 4.34. The van der Waals surface area contributed by atoms with Crippen LogP contribution in [0.25, 0.3) is 11.3 Å². The lowest BCUT2D eigenvalue weighted by Gasteiger charge is -2.04. The van der Waals surface area contributed by atoms with Gasteiger partial charge in [0.1, 0.15) is 11.5 Å². The standard InChI is InChI=1S/C20H20BrNO/c1-15-13-17(7-9-19(15)21)20-10-8-18(23-20)14-22-12-11-16-5-3-2-4-6-16/h2-10,13,22H,11-12,14H2,1H3. The van der Waals surface area contributed by atoms with Gasteiger partial charge in [-0.15, -0.1) is 0 Å². The first-order chi connectivity index (χ1) is 11.2. The van der Waals surface area contributed by atoms with E-state index in [4.69, 9.17) is 4.42 Å². The van der Waals surface area contributed by atoms with Gasteiger partial charge in [-0.05, 0) is 55.3 Å². The van der Waals surface area contributed by atoms with Gasteiger partial charge in [-0.3, -0.25) is 0 Å². The summed E-state index contributed by atoms with van der Waals surface area (Å²) in [6.07, 6.45) is 1.03. The fourth-order valence-electron chi connectivity index (χ4n) is 2.52. The number of hydrogen-bond donors (Lipinski definition) is 1. The summed E-state index contributed by atoms with van der Waals surface area (Å²) < 4.78 is 7.06. The molecule has 0 unspecified atom stereocenters. The minimum atomic E-state index is 0.752. The fourth-order valence-corrected chi connectivity index (χ4v) is 2.76. The Bertz CT molecular complexity index is 764. The number of rotatable bonds is 6. The maximum absolute atomic E-state index is 5.94. The Kier molecular flexibility index (Phi) is 5.31. The van der Waals surface area contributed by atoms with Crippen LogP contribution in [0.1, 0.15) is 16.9 Å². The summed E-state index contributed by atoms with van der Waals surface area (Å²) in [5.41, 5.74) is 3.67. The highest BCUT2D eigenvalue weighted by Crippen LogP contribution is 2.26. The van der Waals surface area contributed by atoms with E-state index in [1.807, 2.05) is 18.2 Å². The normalized spacial score (nSPS) is 10.9. The molecule has 1 N–H and O–H groups in total. The van der Waals surface area contributed by atoms with Crippen LogP contribution in [0, 0.1) is 6.92 Å². The Labute approximate surface area is 145 Å². The third-order valence-electron chi connectivity index (χ3n) is 3.84. The van der Waals surface area contributed by atoms with Gasteiger partial charge in [-0.25, -0.2) is 0 Å². The Morgan fingerprint density at radius 1 is 1.00 bits per heavy atom. The molecule has 2 nitrogen and oxygen atoms in total. The van der Waals surface area contributed by atoms with Gasteiger partial charge in [0.2, 0.25) is 0 Å². The van der Waals surface area contributed by atoms with Crippen LogP contribution in [0.3, 0.4) is 0 Å². The molecule has 0 amide bonds. The third-order valence-corrected chi connectivity index (χ3v) is 4.73. The minimum absolute atomic E-state index is 0.752. The quantitative estimate of drug-likeness (QED) is 0.592. The molecule has 3 aromatic rings. The van der Waals surface area contributed by atoms with E-state index < -0.39 is 0 Å². The van der Waals surface area contributed by atoms with Crippen molar-refractivity contribution in [2.24, 2.45) is 0 Å². The summed E-state index contributed by atoms with van der Waals surface area (Å²) in [6, 6.07) is 20.9. The predicted octanol–water partition coefficient (Wildman–Crippen LogP) is 5.35. The van der Waals surface area contributed by atoms with Gasteiger partial charge in [0.05, 0.1) is 6.54 Å². The lowest BCUT2D eigenvalue weighted by Crippen LogP contribution is -2.16. The molecule has 1 aromatic heterocycles. The van der Waals surface area contributed by atoms with E-state index in [2.05, 4.69) is 70.6 Å². The molecular weight excluding hydrogens is 350 g/mol. The van der Waals surface area contributed by atoms with Crippen molar-refractivity contribution in [2.45, 2.75) is 19.9 Å². The van der Waals surface area contributed by atoms with Crippen molar-refractivity contribution in [1.82, 2.24) is 5.32 Å². The Balaban J connectivity index is 1.54. The molecule has 0 saturated carbocycles. The molecule has 0 spiro atoms. The second-order valence-electron chi connectivity index (χ2n) is 5.64. The maximum Gasteiger partial charge on any atom is 0.134 e. The van der Waals surface area contributed by atoms with Gasteiger partial charge in [-0.2, -0.15) is 0 Å². The molecule has 0 aliphatic carbocycles. The first kappa shape index (κ1) is 16.0. The molecule has 118 valence electrons. The second kappa shape index (κ2) is 7.62. The molecule has 0 radical (unpaired) electrons. The van der Waals surface area contributed by atoms with Crippen molar-refractivity contribution in [3.8, 4) is 11.3 Å². The molecule has 23 heavy (non-hydrogen) atoms. The summed E-state index contributed by atoms with van der Waals surface area (Å²) >= 11 is 3.53. The minimum Gasteiger partial charge on any atom is -0.460 e. The summed E-state index contributed by atoms with van der Waals surface area (Å²) in [6.45, 7) is 3.78. The molecule has 0 aliphatic heterocycles. The fraction of sp³-hybridized carbons (Fsp3) is 0.200. The number of halogens is 1. The van der Waals surface area contributed by atoms with E-state index >= 15 is 0 Å². The summed E-state index contributed by atoms with van der Waals surface area (Å²) in [5.74, 6) is 1.88. The molecular formula is C20H20BrNO. The second-order valence-corrected chi connectivity index (χ2v) is 6.50. The lowest BCUT2D eigenvalue weighted by molar-refractivity contribution is 0.494. The highest BCUT2D eigenvalue weighted by atomic mass is 79.9. The Hall–Kier alpha value is -1.84. The summed E-state index contributed by atoms with van der Waals surface area (Å²) in [4.78, 5) is 0. The van der Waals surface area contributed by atoms with Gasteiger partial charge < -0.3 is 9.73 Å².